The predicted octanol–water partition coefficient (Wildman–Crippen LogP) is 3.98. The summed E-state index contributed by atoms with van der Waals surface area (Å²) in [5, 5.41) is 8.69. The maximum Gasteiger partial charge on any atom is 0.328 e. The summed E-state index contributed by atoms with van der Waals surface area (Å²) in [6.07, 6.45) is 1.16. The Morgan fingerprint density at radius 3 is 2.37 bits per heavy atom. The molecule has 2 aromatic rings. The Morgan fingerprint density at radius 1 is 1.11 bits per heavy atom. The topological polar surface area (TPSA) is 37.3 Å². The normalized spacial score (nSPS) is 11.4. The molecule has 0 aliphatic heterocycles. The maximum absolute atomic E-state index is 13.1. The summed E-state index contributed by atoms with van der Waals surface area (Å²) in [5.41, 5.74) is 3.21. The number of aliphatic carboxylic acids is 1. The van der Waals surface area contributed by atoms with Gasteiger partial charge in [0, 0.05) is 6.08 Å². The van der Waals surface area contributed by atoms with Crippen LogP contribution >= 0.6 is 0 Å². The van der Waals surface area contributed by atoms with E-state index in [0.29, 0.717) is 5.57 Å². The number of allylic oxidation sites excluding steroid dienone is 1. The van der Waals surface area contributed by atoms with Crippen molar-refractivity contribution >= 4 is 11.5 Å². The second-order valence-electron chi connectivity index (χ2n) is 4.25. The highest BCUT2D eigenvalue weighted by molar-refractivity contribution is 5.89. The molecule has 3 heteroatoms. The fraction of sp³-hybridized carbons (Fsp3) is 0.0625. The van der Waals surface area contributed by atoms with Crippen LogP contribution < -0.4 is 0 Å². The van der Waals surface area contributed by atoms with Gasteiger partial charge in [-0.25, -0.2) is 9.18 Å². The van der Waals surface area contributed by atoms with E-state index < -0.39 is 5.97 Å². The zero-order valence-electron chi connectivity index (χ0n) is 10.4. The van der Waals surface area contributed by atoms with Gasteiger partial charge in [0.05, 0.1) is 0 Å². The molecule has 2 rings (SSSR count). The summed E-state index contributed by atoms with van der Waals surface area (Å²) in [7, 11) is 0. The first kappa shape index (κ1) is 13.0. The highest BCUT2D eigenvalue weighted by Crippen LogP contribution is 2.22. The Balaban J connectivity index is 2.31. The summed E-state index contributed by atoms with van der Waals surface area (Å²) >= 11 is 0. The zero-order valence-corrected chi connectivity index (χ0v) is 10.4. The SMILES string of the molecule is C/C(=C\C(=O)O)c1ccc(-c2cccc(F)c2)cc1. The molecule has 2 aromatic carbocycles. The molecule has 0 spiro atoms. The van der Waals surface area contributed by atoms with Gasteiger partial charge >= 0.3 is 5.97 Å². The number of halogens is 1. The Kier molecular flexibility index (Phi) is 3.76. The van der Waals surface area contributed by atoms with Gasteiger partial charge in [0.2, 0.25) is 0 Å². The molecule has 0 aliphatic carbocycles. The standard InChI is InChI=1S/C16H13FO2/c1-11(9-16(18)19)12-5-7-13(8-6-12)14-3-2-4-15(17)10-14/h2-10H,1H3,(H,18,19)/b11-9+. The van der Waals surface area contributed by atoms with Crippen molar-refractivity contribution in [1.82, 2.24) is 0 Å². The number of hydrogen-bond acceptors (Lipinski definition) is 1. The Morgan fingerprint density at radius 2 is 1.79 bits per heavy atom. The van der Waals surface area contributed by atoms with Gasteiger partial charge in [0.15, 0.2) is 0 Å². The Labute approximate surface area is 110 Å². The largest absolute Gasteiger partial charge is 0.478 e. The van der Waals surface area contributed by atoms with Crippen molar-refractivity contribution in [2.24, 2.45) is 0 Å². The van der Waals surface area contributed by atoms with E-state index in [9.17, 15) is 9.18 Å². The van der Waals surface area contributed by atoms with Gasteiger partial charge in [0.1, 0.15) is 5.82 Å². The minimum atomic E-state index is -0.966. The molecule has 0 radical (unpaired) electrons. The lowest BCUT2D eigenvalue weighted by Crippen LogP contribution is -1.90. The van der Waals surface area contributed by atoms with E-state index in [2.05, 4.69) is 0 Å². The molecule has 19 heavy (non-hydrogen) atoms. The average molecular weight is 256 g/mol. The van der Waals surface area contributed by atoms with Gasteiger partial charge < -0.3 is 5.11 Å². The van der Waals surface area contributed by atoms with Gasteiger partial charge in [0.25, 0.3) is 0 Å². The number of carboxylic acid groups (broad SMARTS) is 1. The van der Waals surface area contributed by atoms with Crippen molar-refractivity contribution in [2.75, 3.05) is 0 Å². The molecule has 0 fully saturated rings. The lowest BCUT2D eigenvalue weighted by Gasteiger charge is -2.05. The molecule has 0 aliphatic rings. The third-order valence-electron chi connectivity index (χ3n) is 2.84. The number of benzene rings is 2. The first-order valence-electron chi connectivity index (χ1n) is 5.84. The zero-order chi connectivity index (χ0) is 13.8. The molecular formula is C16H13FO2. The van der Waals surface area contributed by atoms with Crippen LogP contribution in [0.5, 0.6) is 0 Å². The van der Waals surface area contributed by atoms with Gasteiger partial charge in [-0.3, -0.25) is 0 Å². The summed E-state index contributed by atoms with van der Waals surface area (Å²) in [6.45, 7) is 1.74. The number of hydrogen-bond donors (Lipinski definition) is 1. The van der Waals surface area contributed by atoms with E-state index in [1.54, 1.807) is 13.0 Å². The smallest absolute Gasteiger partial charge is 0.328 e. The van der Waals surface area contributed by atoms with Crippen LogP contribution in [0.1, 0.15) is 12.5 Å². The number of carboxylic acids is 1. The molecule has 0 heterocycles. The molecule has 0 aromatic heterocycles. The van der Waals surface area contributed by atoms with Crippen molar-refractivity contribution in [3.05, 3.63) is 66.0 Å². The monoisotopic (exact) mass is 256 g/mol. The minimum absolute atomic E-state index is 0.275. The van der Waals surface area contributed by atoms with Gasteiger partial charge in [-0.05, 0) is 41.3 Å². The number of rotatable bonds is 3. The van der Waals surface area contributed by atoms with Crippen molar-refractivity contribution in [2.45, 2.75) is 6.92 Å². The predicted molar refractivity (Wildman–Crippen MR) is 73.1 cm³/mol. The first-order valence-corrected chi connectivity index (χ1v) is 5.84. The molecule has 0 unspecified atom stereocenters. The van der Waals surface area contributed by atoms with Crippen LogP contribution in [0.25, 0.3) is 16.7 Å². The van der Waals surface area contributed by atoms with Crippen LogP contribution in [0.15, 0.2) is 54.6 Å². The molecular weight excluding hydrogens is 243 g/mol. The quantitative estimate of drug-likeness (QED) is 0.843. The molecule has 0 atom stereocenters. The van der Waals surface area contributed by atoms with Crippen LogP contribution in [0.2, 0.25) is 0 Å². The van der Waals surface area contributed by atoms with Gasteiger partial charge in [-0.1, -0.05) is 36.4 Å². The van der Waals surface area contributed by atoms with Crippen LogP contribution in [-0.4, -0.2) is 11.1 Å². The fourth-order valence-electron chi connectivity index (χ4n) is 1.86. The van der Waals surface area contributed by atoms with E-state index in [-0.39, 0.29) is 5.82 Å². The summed E-state index contributed by atoms with van der Waals surface area (Å²) in [4.78, 5) is 10.6. The Hall–Kier alpha value is -2.42. The molecule has 0 saturated heterocycles. The van der Waals surface area contributed by atoms with Crippen LogP contribution in [0.4, 0.5) is 4.39 Å². The molecule has 2 nitrogen and oxygen atoms in total. The van der Waals surface area contributed by atoms with Gasteiger partial charge in [-0.2, -0.15) is 0 Å². The average Bonchev–Trinajstić information content (AvgIpc) is 2.38. The summed E-state index contributed by atoms with van der Waals surface area (Å²) in [6, 6.07) is 13.7. The third-order valence-corrected chi connectivity index (χ3v) is 2.84. The van der Waals surface area contributed by atoms with Crippen LogP contribution in [0, 0.1) is 5.82 Å². The third kappa shape index (κ3) is 3.28. The second kappa shape index (κ2) is 5.48. The highest BCUT2D eigenvalue weighted by Gasteiger charge is 2.02. The van der Waals surface area contributed by atoms with Crippen LogP contribution in [0.3, 0.4) is 0 Å². The Bertz CT molecular complexity index is 627. The van der Waals surface area contributed by atoms with E-state index in [0.717, 1.165) is 22.8 Å². The lowest BCUT2D eigenvalue weighted by atomic mass is 10.0. The molecule has 96 valence electrons. The van der Waals surface area contributed by atoms with E-state index in [1.165, 1.54) is 12.1 Å². The van der Waals surface area contributed by atoms with Crippen molar-refractivity contribution in [1.29, 1.82) is 0 Å². The van der Waals surface area contributed by atoms with E-state index in [4.69, 9.17) is 5.11 Å². The number of carbonyl (C=O) groups is 1. The maximum atomic E-state index is 13.1. The second-order valence-corrected chi connectivity index (χ2v) is 4.25. The van der Waals surface area contributed by atoms with Crippen molar-refractivity contribution < 1.29 is 14.3 Å². The summed E-state index contributed by atoms with van der Waals surface area (Å²) < 4.78 is 13.1. The van der Waals surface area contributed by atoms with Crippen molar-refractivity contribution in [3.63, 3.8) is 0 Å². The fourth-order valence-corrected chi connectivity index (χ4v) is 1.86. The van der Waals surface area contributed by atoms with Gasteiger partial charge in [-0.15, -0.1) is 0 Å². The minimum Gasteiger partial charge on any atom is -0.478 e. The molecule has 0 bridgehead atoms. The van der Waals surface area contributed by atoms with Crippen molar-refractivity contribution in [3.8, 4) is 11.1 Å². The first-order chi connectivity index (χ1) is 9.06. The summed E-state index contributed by atoms with van der Waals surface area (Å²) in [5.74, 6) is -1.24. The highest BCUT2D eigenvalue weighted by atomic mass is 19.1. The van der Waals surface area contributed by atoms with E-state index in [1.807, 2.05) is 30.3 Å². The molecule has 1 N–H and O–H groups in total. The molecule has 0 amide bonds. The lowest BCUT2D eigenvalue weighted by molar-refractivity contribution is -0.131. The van der Waals surface area contributed by atoms with E-state index >= 15 is 0 Å². The molecule has 0 saturated carbocycles. The van der Waals surface area contributed by atoms with Crippen LogP contribution in [-0.2, 0) is 4.79 Å².